The van der Waals surface area contributed by atoms with Crippen LogP contribution in [0.2, 0.25) is 0 Å². The highest BCUT2D eigenvalue weighted by atomic mass is 32.2. The lowest BCUT2D eigenvalue weighted by atomic mass is 10.2. The molecule has 4 rings (SSSR count). The number of furan rings is 1. The Hall–Kier alpha value is -3.07. The molecule has 0 atom stereocenters. The molecule has 0 aliphatic rings. The van der Waals surface area contributed by atoms with Gasteiger partial charge >= 0.3 is 6.18 Å². The maximum Gasteiger partial charge on any atom is 0.416 e. The Balaban J connectivity index is 1.84. The molecule has 2 aromatic carbocycles. The fourth-order valence-corrected chi connectivity index (χ4v) is 4.67. The summed E-state index contributed by atoms with van der Waals surface area (Å²) in [5.41, 5.74) is -0.281. The largest absolute Gasteiger partial charge is 0.469 e. The van der Waals surface area contributed by atoms with Crippen LogP contribution in [0, 0.1) is 0 Å². The summed E-state index contributed by atoms with van der Waals surface area (Å²) in [6.07, 6.45) is -2.50. The molecule has 9 heteroatoms. The number of fused-ring (bicyclic) bond motifs is 1. The fourth-order valence-electron chi connectivity index (χ4n) is 3.11. The summed E-state index contributed by atoms with van der Waals surface area (Å²) < 4.78 is 72.2. The summed E-state index contributed by atoms with van der Waals surface area (Å²) in [7, 11) is -4.30. The second-order valence-corrected chi connectivity index (χ2v) is 8.18. The van der Waals surface area contributed by atoms with Crippen molar-refractivity contribution in [1.29, 1.82) is 0 Å². The molecule has 0 aliphatic carbocycles. The van der Waals surface area contributed by atoms with Crippen molar-refractivity contribution in [2.24, 2.45) is 0 Å². The van der Waals surface area contributed by atoms with Gasteiger partial charge in [0.15, 0.2) is 0 Å². The second-order valence-electron chi connectivity index (χ2n) is 6.39. The third kappa shape index (κ3) is 3.65. The van der Waals surface area contributed by atoms with Crippen LogP contribution in [-0.2, 0) is 29.0 Å². The lowest BCUT2D eigenvalue weighted by molar-refractivity contribution is -0.137. The van der Waals surface area contributed by atoms with Crippen molar-refractivity contribution in [3.63, 3.8) is 0 Å². The first kappa shape index (κ1) is 19.3. The van der Waals surface area contributed by atoms with Crippen LogP contribution in [0.3, 0.4) is 0 Å². The van der Waals surface area contributed by atoms with Crippen LogP contribution in [0.25, 0.3) is 11.0 Å². The molecule has 150 valence electrons. The molecule has 2 heterocycles. The smallest absolute Gasteiger partial charge is 0.416 e. The van der Waals surface area contributed by atoms with Gasteiger partial charge in [0.2, 0.25) is 0 Å². The highest BCUT2D eigenvalue weighted by Crippen LogP contribution is 2.32. The number of hydrogen-bond acceptors (Lipinski definition) is 4. The molecular formula is C20H15F3N2O3S. The SMILES string of the molecule is O=S(=O)(c1cccc(C(F)(F)F)c1)n1c(CCc2ccco2)nc2ccccc21. The monoisotopic (exact) mass is 420 g/mol. The van der Waals surface area contributed by atoms with E-state index in [0.717, 1.165) is 22.2 Å². The standard InChI is InChI=1S/C20H15F3N2O3S/c21-20(22,23)14-5-3-7-16(13-14)29(26,27)25-18-9-2-1-8-17(18)24-19(25)11-10-15-6-4-12-28-15/h1-9,12-13H,10-11H2. The second kappa shape index (κ2) is 7.07. The summed E-state index contributed by atoms with van der Waals surface area (Å²) in [4.78, 5) is 3.95. The minimum Gasteiger partial charge on any atom is -0.469 e. The van der Waals surface area contributed by atoms with E-state index in [-0.39, 0.29) is 12.2 Å². The lowest BCUT2D eigenvalue weighted by Gasteiger charge is -2.12. The van der Waals surface area contributed by atoms with Crippen LogP contribution in [0.5, 0.6) is 0 Å². The van der Waals surface area contributed by atoms with Crippen LogP contribution in [0.1, 0.15) is 17.1 Å². The summed E-state index contributed by atoms with van der Waals surface area (Å²) in [5.74, 6) is 0.875. The van der Waals surface area contributed by atoms with E-state index in [1.807, 2.05) is 0 Å². The minimum absolute atomic E-state index is 0.222. The molecule has 0 N–H and O–H groups in total. The van der Waals surface area contributed by atoms with Gasteiger partial charge < -0.3 is 4.42 Å². The zero-order valence-corrected chi connectivity index (χ0v) is 15.7. The molecule has 0 fully saturated rings. The molecule has 0 amide bonds. The molecule has 0 bridgehead atoms. The molecule has 2 aromatic heterocycles. The van der Waals surface area contributed by atoms with Crippen molar-refractivity contribution in [3.8, 4) is 0 Å². The van der Waals surface area contributed by atoms with Crippen molar-refractivity contribution < 1.29 is 26.0 Å². The van der Waals surface area contributed by atoms with E-state index in [2.05, 4.69) is 4.98 Å². The van der Waals surface area contributed by atoms with E-state index in [1.54, 1.807) is 36.4 Å². The molecule has 29 heavy (non-hydrogen) atoms. The molecule has 0 saturated carbocycles. The number of aryl methyl sites for hydroxylation is 2. The third-order valence-electron chi connectivity index (χ3n) is 4.46. The molecule has 0 unspecified atom stereocenters. The Kier molecular flexibility index (Phi) is 4.70. The Morgan fingerprint density at radius 3 is 2.48 bits per heavy atom. The van der Waals surface area contributed by atoms with Crippen molar-refractivity contribution in [2.45, 2.75) is 23.9 Å². The number of hydrogen-bond donors (Lipinski definition) is 0. The average Bonchev–Trinajstić information content (AvgIpc) is 3.33. The first-order valence-corrected chi connectivity index (χ1v) is 10.1. The van der Waals surface area contributed by atoms with Crippen molar-refractivity contribution >= 4 is 21.1 Å². The highest BCUT2D eigenvalue weighted by Gasteiger charge is 2.32. The maximum atomic E-state index is 13.3. The van der Waals surface area contributed by atoms with Gasteiger partial charge in [0.05, 0.1) is 27.8 Å². The first-order valence-electron chi connectivity index (χ1n) is 8.68. The molecular weight excluding hydrogens is 405 g/mol. The summed E-state index contributed by atoms with van der Waals surface area (Å²) in [6.45, 7) is 0. The minimum atomic E-state index is -4.65. The Bertz CT molecular complexity index is 1260. The zero-order chi connectivity index (χ0) is 20.6. The number of aromatic nitrogens is 2. The van der Waals surface area contributed by atoms with Gasteiger partial charge in [-0.25, -0.2) is 17.4 Å². The van der Waals surface area contributed by atoms with Crippen LogP contribution < -0.4 is 0 Å². The van der Waals surface area contributed by atoms with Crippen molar-refractivity contribution in [3.05, 3.63) is 84.1 Å². The Morgan fingerprint density at radius 1 is 0.966 bits per heavy atom. The quantitative estimate of drug-likeness (QED) is 0.471. The van der Waals surface area contributed by atoms with E-state index in [0.29, 0.717) is 29.3 Å². The van der Waals surface area contributed by atoms with Gasteiger partial charge in [-0.15, -0.1) is 0 Å². The number of alkyl halides is 3. The molecule has 5 nitrogen and oxygen atoms in total. The fraction of sp³-hybridized carbons (Fsp3) is 0.150. The molecule has 0 aliphatic heterocycles. The summed E-state index contributed by atoms with van der Waals surface area (Å²) >= 11 is 0. The Labute approximate surface area is 164 Å². The topological polar surface area (TPSA) is 65.1 Å². The molecule has 0 radical (unpaired) electrons. The van der Waals surface area contributed by atoms with E-state index >= 15 is 0 Å². The predicted molar refractivity (Wildman–Crippen MR) is 99.9 cm³/mol. The number of halogens is 3. The zero-order valence-electron chi connectivity index (χ0n) is 14.9. The summed E-state index contributed by atoms with van der Waals surface area (Å²) in [5, 5.41) is 0. The average molecular weight is 420 g/mol. The number of para-hydroxylation sites is 2. The molecule has 0 saturated heterocycles. The van der Waals surface area contributed by atoms with Gasteiger partial charge in [0.1, 0.15) is 11.6 Å². The van der Waals surface area contributed by atoms with E-state index in [4.69, 9.17) is 4.42 Å². The van der Waals surface area contributed by atoms with Crippen molar-refractivity contribution in [2.75, 3.05) is 0 Å². The first-order chi connectivity index (χ1) is 13.8. The van der Waals surface area contributed by atoms with E-state index < -0.39 is 26.7 Å². The summed E-state index contributed by atoms with van der Waals surface area (Å²) in [6, 6.07) is 13.8. The van der Waals surface area contributed by atoms with Gasteiger partial charge in [-0.05, 0) is 42.5 Å². The highest BCUT2D eigenvalue weighted by molar-refractivity contribution is 7.90. The third-order valence-corrected chi connectivity index (χ3v) is 6.20. The van der Waals surface area contributed by atoms with Crippen LogP contribution >= 0.6 is 0 Å². The number of imidazole rings is 1. The molecule has 4 aromatic rings. The maximum absolute atomic E-state index is 13.3. The van der Waals surface area contributed by atoms with E-state index in [9.17, 15) is 21.6 Å². The van der Waals surface area contributed by atoms with Crippen LogP contribution in [0.15, 0.2) is 76.2 Å². The van der Waals surface area contributed by atoms with Crippen LogP contribution in [-0.4, -0.2) is 17.4 Å². The Morgan fingerprint density at radius 2 is 1.76 bits per heavy atom. The van der Waals surface area contributed by atoms with Gasteiger partial charge in [0, 0.05) is 12.8 Å². The van der Waals surface area contributed by atoms with Crippen molar-refractivity contribution in [1.82, 2.24) is 8.96 Å². The lowest BCUT2D eigenvalue weighted by Crippen LogP contribution is -2.17. The number of benzene rings is 2. The molecule has 0 spiro atoms. The van der Waals surface area contributed by atoms with Gasteiger partial charge in [-0.3, -0.25) is 0 Å². The predicted octanol–water partition coefficient (Wildman–Crippen LogP) is 4.67. The van der Waals surface area contributed by atoms with Crippen LogP contribution in [0.4, 0.5) is 13.2 Å². The van der Waals surface area contributed by atoms with Gasteiger partial charge in [0.25, 0.3) is 10.0 Å². The van der Waals surface area contributed by atoms with Gasteiger partial charge in [-0.2, -0.15) is 13.2 Å². The van der Waals surface area contributed by atoms with E-state index in [1.165, 1.54) is 6.26 Å². The number of rotatable bonds is 5. The normalized spacial score (nSPS) is 12.5. The number of nitrogens with zero attached hydrogens (tertiary/aromatic N) is 2. The van der Waals surface area contributed by atoms with Gasteiger partial charge in [-0.1, -0.05) is 18.2 Å².